The largest absolute Gasteiger partial charge is 0.481 e. The van der Waals surface area contributed by atoms with E-state index in [1.165, 1.54) is 0 Å². The number of carboxylic acids is 1. The van der Waals surface area contributed by atoms with Crippen LogP contribution in [0.15, 0.2) is 52.8 Å². The third-order valence-corrected chi connectivity index (χ3v) is 3.79. The van der Waals surface area contributed by atoms with Gasteiger partial charge in [-0.15, -0.1) is 10.2 Å². The number of carboxylic acid groups (broad SMARTS) is 1. The van der Waals surface area contributed by atoms with E-state index in [9.17, 15) is 4.79 Å². The predicted octanol–water partition coefficient (Wildman–Crippen LogP) is 4.34. The fraction of sp³-hybridized carbons (Fsp3) is 0.125. The van der Waals surface area contributed by atoms with Crippen LogP contribution in [-0.2, 0) is 11.2 Å². The molecule has 1 N–H and O–H groups in total. The first kappa shape index (κ1) is 15.2. The van der Waals surface area contributed by atoms with Gasteiger partial charge in [-0.2, -0.15) is 0 Å². The summed E-state index contributed by atoms with van der Waals surface area (Å²) in [7, 11) is 0. The molecule has 23 heavy (non-hydrogen) atoms. The molecule has 0 bridgehead atoms. The molecule has 3 rings (SSSR count). The Balaban J connectivity index is 2.09. The molecule has 0 aliphatic rings. The Morgan fingerprint density at radius 2 is 2.09 bits per heavy atom. The lowest BCUT2D eigenvalue weighted by Crippen LogP contribution is -2.00. The lowest BCUT2D eigenvalue weighted by molar-refractivity contribution is -0.136. The molecule has 3 aromatic rings. The molecule has 0 amide bonds. The Morgan fingerprint density at radius 3 is 2.87 bits per heavy atom. The van der Waals surface area contributed by atoms with Gasteiger partial charge in [0, 0.05) is 11.2 Å². The Morgan fingerprint density at radius 1 is 1.26 bits per heavy atom. The summed E-state index contributed by atoms with van der Waals surface area (Å²) < 4.78 is 1.71. The van der Waals surface area contributed by atoms with Crippen LogP contribution in [0.1, 0.15) is 11.3 Å². The second kappa shape index (κ2) is 6.18. The van der Waals surface area contributed by atoms with E-state index in [4.69, 9.17) is 16.7 Å². The van der Waals surface area contributed by atoms with Crippen molar-refractivity contribution in [2.45, 2.75) is 13.3 Å². The van der Waals surface area contributed by atoms with Crippen LogP contribution in [0, 0.1) is 6.92 Å². The fourth-order valence-electron chi connectivity index (χ4n) is 2.20. The van der Waals surface area contributed by atoms with Crippen LogP contribution in [-0.4, -0.2) is 20.5 Å². The number of fused-ring (bicyclic) bond motifs is 1. The zero-order valence-corrected chi connectivity index (χ0v) is 13.0. The maximum atomic E-state index is 11.0. The number of aromatic nitrogens is 2. The number of azo groups is 1. The molecule has 0 unspecified atom stereocenters. The monoisotopic (exact) mass is 328 g/mol. The highest BCUT2D eigenvalue weighted by Crippen LogP contribution is 2.29. The average Bonchev–Trinajstić information content (AvgIpc) is 2.85. The minimum atomic E-state index is -0.969. The molecule has 2 heterocycles. The highest BCUT2D eigenvalue weighted by Gasteiger charge is 2.14. The van der Waals surface area contributed by atoms with Crippen molar-refractivity contribution in [1.82, 2.24) is 9.38 Å². The van der Waals surface area contributed by atoms with Gasteiger partial charge in [0.1, 0.15) is 5.65 Å². The van der Waals surface area contributed by atoms with E-state index in [1.807, 2.05) is 19.1 Å². The first-order valence-electron chi connectivity index (χ1n) is 6.91. The molecule has 0 atom stereocenters. The molecule has 1 aromatic carbocycles. The zero-order chi connectivity index (χ0) is 16.4. The van der Waals surface area contributed by atoms with Gasteiger partial charge in [-0.25, -0.2) is 4.98 Å². The number of hydrogen-bond donors (Lipinski definition) is 1. The van der Waals surface area contributed by atoms with Crippen molar-refractivity contribution < 1.29 is 9.90 Å². The minimum Gasteiger partial charge on any atom is -0.481 e. The Bertz CT molecular complexity index is 918. The van der Waals surface area contributed by atoms with Crippen LogP contribution in [0.3, 0.4) is 0 Å². The molecular weight excluding hydrogens is 316 g/mol. The molecule has 7 heteroatoms. The van der Waals surface area contributed by atoms with Gasteiger partial charge < -0.3 is 5.11 Å². The summed E-state index contributed by atoms with van der Waals surface area (Å²) in [5, 5.41) is 18.1. The Labute approximate surface area is 137 Å². The summed E-state index contributed by atoms with van der Waals surface area (Å²) in [5.74, 6) is -0.564. The first-order chi connectivity index (χ1) is 11.1. The lowest BCUT2D eigenvalue weighted by atomic mass is 10.2. The summed E-state index contributed by atoms with van der Waals surface area (Å²) in [4.78, 5) is 15.3. The van der Waals surface area contributed by atoms with E-state index in [2.05, 4.69) is 15.2 Å². The molecule has 0 saturated carbocycles. The van der Waals surface area contributed by atoms with E-state index < -0.39 is 5.97 Å². The van der Waals surface area contributed by atoms with E-state index in [0.717, 1.165) is 5.56 Å². The number of carbonyl (C=O) groups is 1. The van der Waals surface area contributed by atoms with Gasteiger partial charge in [0.15, 0.2) is 5.82 Å². The fourth-order valence-corrected chi connectivity index (χ4v) is 2.37. The van der Waals surface area contributed by atoms with Crippen molar-refractivity contribution in [2.75, 3.05) is 0 Å². The van der Waals surface area contributed by atoms with Crippen LogP contribution in [0.5, 0.6) is 0 Å². The third-order valence-electron chi connectivity index (χ3n) is 3.38. The SMILES string of the molecule is Cc1c(Cl)cccc1N=Nc1c(CC(=O)O)nc2ccccn12. The number of benzene rings is 1. The van der Waals surface area contributed by atoms with Crippen molar-refractivity contribution >= 4 is 34.7 Å². The number of pyridine rings is 1. The summed E-state index contributed by atoms with van der Waals surface area (Å²) >= 11 is 6.07. The van der Waals surface area contributed by atoms with Gasteiger partial charge in [0.25, 0.3) is 0 Å². The summed E-state index contributed by atoms with van der Waals surface area (Å²) in [6, 6.07) is 10.8. The highest BCUT2D eigenvalue weighted by atomic mass is 35.5. The minimum absolute atomic E-state index is 0.218. The van der Waals surface area contributed by atoms with Crippen molar-refractivity contribution in [2.24, 2.45) is 10.2 Å². The maximum Gasteiger partial charge on any atom is 0.309 e. The van der Waals surface area contributed by atoms with Gasteiger partial charge >= 0.3 is 5.97 Å². The summed E-state index contributed by atoms with van der Waals surface area (Å²) in [6.45, 7) is 1.85. The van der Waals surface area contributed by atoms with Crippen LogP contribution < -0.4 is 0 Å². The maximum absolute atomic E-state index is 11.0. The van der Waals surface area contributed by atoms with Crippen LogP contribution in [0.4, 0.5) is 11.5 Å². The predicted molar refractivity (Wildman–Crippen MR) is 86.9 cm³/mol. The van der Waals surface area contributed by atoms with Crippen molar-refractivity contribution in [1.29, 1.82) is 0 Å². The van der Waals surface area contributed by atoms with Crippen LogP contribution >= 0.6 is 11.6 Å². The van der Waals surface area contributed by atoms with E-state index in [0.29, 0.717) is 27.9 Å². The van der Waals surface area contributed by atoms with Crippen LogP contribution in [0.2, 0.25) is 5.02 Å². The smallest absolute Gasteiger partial charge is 0.309 e. The normalized spacial score (nSPS) is 11.4. The Hall–Kier alpha value is -2.73. The second-order valence-electron chi connectivity index (χ2n) is 4.97. The zero-order valence-electron chi connectivity index (χ0n) is 12.3. The molecule has 2 aromatic heterocycles. The second-order valence-corrected chi connectivity index (χ2v) is 5.37. The molecular formula is C16H13ClN4O2. The standard InChI is InChI=1S/C16H13ClN4O2/c1-10-11(17)5-4-6-12(10)19-20-16-13(9-15(22)23)18-14-7-2-3-8-21(14)16/h2-8H,9H2,1H3,(H,22,23). The van der Waals surface area contributed by atoms with Gasteiger partial charge in [-0.05, 0) is 36.8 Å². The van der Waals surface area contributed by atoms with Gasteiger partial charge in [0.2, 0.25) is 0 Å². The molecule has 0 fully saturated rings. The number of hydrogen-bond acceptors (Lipinski definition) is 4. The topological polar surface area (TPSA) is 79.3 Å². The van der Waals surface area contributed by atoms with Gasteiger partial charge in [-0.1, -0.05) is 23.7 Å². The molecule has 116 valence electrons. The molecule has 0 saturated heterocycles. The number of imidazole rings is 1. The highest BCUT2D eigenvalue weighted by molar-refractivity contribution is 6.31. The number of rotatable bonds is 4. The number of aliphatic carboxylic acids is 1. The Kier molecular flexibility index (Phi) is 4.08. The van der Waals surface area contributed by atoms with Gasteiger partial charge in [-0.3, -0.25) is 9.20 Å². The van der Waals surface area contributed by atoms with Crippen molar-refractivity contribution in [3.05, 3.63) is 58.9 Å². The third kappa shape index (κ3) is 3.07. The van der Waals surface area contributed by atoms with Crippen molar-refractivity contribution in [3.8, 4) is 0 Å². The van der Waals surface area contributed by atoms with E-state index >= 15 is 0 Å². The van der Waals surface area contributed by atoms with Crippen molar-refractivity contribution in [3.63, 3.8) is 0 Å². The van der Waals surface area contributed by atoms with E-state index in [-0.39, 0.29) is 6.42 Å². The molecule has 0 aliphatic carbocycles. The average molecular weight is 329 g/mol. The van der Waals surface area contributed by atoms with Crippen LogP contribution in [0.25, 0.3) is 5.65 Å². The quantitative estimate of drug-likeness (QED) is 0.723. The number of nitrogens with zero attached hydrogens (tertiary/aromatic N) is 4. The molecule has 0 spiro atoms. The van der Waals surface area contributed by atoms with Gasteiger partial charge in [0.05, 0.1) is 17.8 Å². The lowest BCUT2D eigenvalue weighted by Gasteiger charge is -2.01. The summed E-state index contributed by atoms with van der Waals surface area (Å²) in [5.41, 5.74) is 2.43. The summed E-state index contributed by atoms with van der Waals surface area (Å²) in [6.07, 6.45) is 1.55. The molecule has 0 aliphatic heterocycles. The first-order valence-corrected chi connectivity index (χ1v) is 7.28. The molecule has 6 nitrogen and oxygen atoms in total. The number of halogens is 1. The van der Waals surface area contributed by atoms with E-state index in [1.54, 1.807) is 34.9 Å². The molecule has 0 radical (unpaired) electrons.